The summed E-state index contributed by atoms with van der Waals surface area (Å²) in [6, 6.07) is 4.19. The Labute approximate surface area is 111 Å². The lowest BCUT2D eigenvalue weighted by Gasteiger charge is -2.40. The van der Waals surface area contributed by atoms with Crippen molar-refractivity contribution >= 4 is 17.3 Å². The predicted octanol–water partition coefficient (Wildman–Crippen LogP) is 2.51. The quantitative estimate of drug-likeness (QED) is 0.607. The first-order valence-electron chi connectivity index (χ1n) is 6.05. The van der Waals surface area contributed by atoms with E-state index in [-0.39, 0.29) is 17.6 Å². The molecule has 0 saturated heterocycles. The van der Waals surface area contributed by atoms with Crippen molar-refractivity contribution in [2.24, 2.45) is 0 Å². The lowest BCUT2D eigenvalue weighted by Crippen LogP contribution is -2.54. The third-order valence-electron chi connectivity index (χ3n) is 3.03. The zero-order chi connectivity index (χ0) is 14.4. The van der Waals surface area contributed by atoms with E-state index in [4.69, 9.17) is 4.74 Å². The Morgan fingerprint density at radius 1 is 1.37 bits per heavy atom. The first-order valence-corrected chi connectivity index (χ1v) is 6.05. The molecule has 0 unspecified atom stereocenters. The molecule has 0 fully saturated rings. The smallest absolute Gasteiger partial charge is 0.271 e. The van der Waals surface area contributed by atoms with Gasteiger partial charge in [0.2, 0.25) is 0 Å². The predicted molar refractivity (Wildman–Crippen MR) is 70.4 cm³/mol. The maximum Gasteiger partial charge on any atom is 0.271 e. The number of non-ortho nitro benzene ring substituents is 1. The van der Waals surface area contributed by atoms with Crippen molar-refractivity contribution in [3.05, 3.63) is 28.3 Å². The summed E-state index contributed by atoms with van der Waals surface area (Å²) in [7, 11) is 0. The molecule has 0 spiro atoms. The lowest BCUT2D eigenvalue weighted by atomic mass is 10.0. The molecule has 0 radical (unpaired) electrons. The Hall–Kier alpha value is -2.11. The second-order valence-corrected chi connectivity index (χ2v) is 5.29. The average molecular weight is 264 g/mol. The van der Waals surface area contributed by atoms with Gasteiger partial charge in [0.05, 0.1) is 10.6 Å². The number of rotatable bonds is 2. The van der Waals surface area contributed by atoms with Crippen molar-refractivity contribution in [3.63, 3.8) is 0 Å². The molecule has 6 nitrogen and oxygen atoms in total. The number of carbonyl (C=O) groups is 1. The van der Waals surface area contributed by atoms with E-state index in [2.05, 4.69) is 0 Å². The van der Waals surface area contributed by atoms with Gasteiger partial charge in [-0.2, -0.15) is 0 Å². The molecule has 0 aliphatic carbocycles. The Bertz CT molecular complexity index is 552. The van der Waals surface area contributed by atoms with Crippen molar-refractivity contribution in [2.45, 2.75) is 39.3 Å². The van der Waals surface area contributed by atoms with Crippen LogP contribution in [0.3, 0.4) is 0 Å². The number of anilines is 1. The fraction of sp³-hybridized carbons (Fsp3) is 0.462. The van der Waals surface area contributed by atoms with E-state index in [0.29, 0.717) is 11.4 Å². The van der Waals surface area contributed by atoms with Gasteiger partial charge >= 0.3 is 0 Å². The van der Waals surface area contributed by atoms with Crippen LogP contribution in [0.5, 0.6) is 5.75 Å². The first-order chi connectivity index (χ1) is 8.74. The van der Waals surface area contributed by atoms with Crippen LogP contribution in [0.25, 0.3) is 0 Å². The second kappa shape index (κ2) is 4.22. The van der Waals surface area contributed by atoms with E-state index >= 15 is 0 Å². The van der Waals surface area contributed by atoms with Crippen LogP contribution in [0.1, 0.15) is 27.7 Å². The van der Waals surface area contributed by atoms with Gasteiger partial charge in [0.1, 0.15) is 5.75 Å². The molecule has 1 aliphatic heterocycles. The molecule has 0 N–H and O–H groups in total. The molecule has 1 aliphatic rings. The lowest BCUT2D eigenvalue weighted by molar-refractivity contribution is -0.384. The number of nitro groups is 1. The normalized spacial score (nSPS) is 17.1. The molecule has 1 amide bonds. The minimum absolute atomic E-state index is 0.0551. The number of ether oxygens (including phenoxy) is 1. The Kier molecular flexibility index (Phi) is 2.96. The van der Waals surface area contributed by atoms with Crippen molar-refractivity contribution in [1.29, 1.82) is 0 Å². The highest BCUT2D eigenvalue weighted by Gasteiger charge is 2.42. The van der Waals surface area contributed by atoms with E-state index in [1.165, 1.54) is 18.2 Å². The van der Waals surface area contributed by atoms with Crippen LogP contribution in [0.2, 0.25) is 0 Å². The Morgan fingerprint density at radius 2 is 2.00 bits per heavy atom. The van der Waals surface area contributed by atoms with Crippen LogP contribution >= 0.6 is 0 Å². The van der Waals surface area contributed by atoms with Crippen LogP contribution in [-0.2, 0) is 4.79 Å². The monoisotopic (exact) mass is 264 g/mol. The van der Waals surface area contributed by atoms with Gasteiger partial charge in [-0.1, -0.05) is 0 Å². The molecule has 19 heavy (non-hydrogen) atoms. The third kappa shape index (κ3) is 2.14. The number of carbonyl (C=O) groups excluding carboxylic acids is 1. The maximum atomic E-state index is 12.4. The molecule has 0 aromatic heterocycles. The number of nitrogens with zero attached hydrogens (tertiary/aromatic N) is 2. The van der Waals surface area contributed by atoms with Crippen LogP contribution in [0.15, 0.2) is 18.2 Å². The first kappa shape index (κ1) is 13.3. The standard InChI is InChI=1S/C13H16N2O4/c1-8(2)14-10-7-9(15(17)18)5-6-11(10)19-13(3,4)12(14)16/h5-8H,1-4H3. The molecule has 1 aromatic rings. The molecule has 102 valence electrons. The molecule has 2 rings (SSSR count). The number of benzene rings is 1. The van der Waals surface area contributed by atoms with Crippen molar-refractivity contribution in [3.8, 4) is 5.75 Å². The molecular weight excluding hydrogens is 248 g/mol. The van der Waals surface area contributed by atoms with Gasteiger partial charge in [-0.3, -0.25) is 14.9 Å². The zero-order valence-corrected chi connectivity index (χ0v) is 11.3. The van der Waals surface area contributed by atoms with Crippen molar-refractivity contribution in [1.82, 2.24) is 0 Å². The number of fused-ring (bicyclic) bond motifs is 1. The van der Waals surface area contributed by atoms with Gasteiger partial charge in [0.15, 0.2) is 5.60 Å². The molecule has 6 heteroatoms. The SMILES string of the molecule is CC(C)N1C(=O)C(C)(C)Oc2ccc([N+](=O)[O-])cc21. The third-order valence-corrected chi connectivity index (χ3v) is 3.03. The summed E-state index contributed by atoms with van der Waals surface area (Å²) in [6.07, 6.45) is 0. The van der Waals surface area contributed by atoms with Gasteiger partial charge in [-0.05, 0) is 33.8 Å². The Balaban J connectivity index is 2.60. The summed E-state index contributed by atoms with van der Waals surface area (Å²) < 4.78 is 5.63. The van der Waals surface area contributed by atoms with E-state index in [1.54, 1.807) is 18.7 Å². The van der Waals surface area contributed by atoms with Crippen LogP contribution in [0, 0.1) is 10.1 Å². The molecule has 0 atom stereocenters. The summed E-state index contributed by atoms with van der Waals surface area (Å²) in [4.78, 5) is 24.3. The summed E-state index contributed by atoms with van der Waals surface area (Å²) in [5.41, 5.74) is -0.568. The fourth-order valence-corrected chi connectivity index (χ4v) is 2.12. The summed E-state index contributed by atoms with van der Waals surface area (Å²) in [6.45, 7) is 7.11. The van der Waals surface area contributed by atoms with E-state index in [0.717, 1.165) is 0 Å². The number of amides is 1. The highest BCUT2D eigenvalue weighted by atomic mass is 16.6. The summed E-state index contributed by atoms with van der Waals surface area (Å²) >= 11 is 0. The molecule has 0 bridgehead atoms. The summed E-state index contributed by atoms with van der Waals surface area (Å²) in [5.74, 6) is 0.291. The summed E-state index contributed by atoms with van der Waals surface area (Å²) in [5, 5.41) is 10.8. The maximum absolute atomic E-state index is 12.4. The van der Waals surface area contributed by atoms with Crippen LogP contribution < -0.4 is 9.64 Å². The van der Waals surface area contributed by atoms with Crippen LogP contribution in [0.4, 0.5) is 11.4 Å². The van der Waals surface area contributed by atoms with Gasteiger partial charge in [0.25, 0.3) is 11.6 Å². The van der Waals surface area contributed by atoms with E-state index < -0.39 is 10.5 Å². The molecule has 0 saturated carbocycles. The highest BCUT2D eigenvalue weighted by molar-refractivity contribution is 6.03. The topological polar surface area (TPSA) is 72.7 Å². The van der Waals surface area contributed by atoms with Crippen LogP contribution in [-0.4, -0.2) is 22.5 Å². The van der Waals surface area contributed by atoms with E-state index in [9.17, 15) is 14.9 Å². The fourth-order valence-electron chi connectivity index (χ4n) is 2.12. The van der Waals surface area contributed by atoms with E-state index in [1.807, 2.05) is 13.8 Å². The van der Waals surface area contributed by atoms with Gasteiger partial charge in [-0.25, -0.2) is 0 Å². The second-order valence-electron chi connectivity index (χ2n) is 5.29. The number of nitro benzene ring substituents is 1. The molecule has 1 aromatic carbocycles. The minimum atomic E-state index is -0.965. The average Bonchev–Trinajstić information content (AvgIpc) is 2.29. The Morgan fingerprint density at radius 3 is 2.53 bits per heavy atom. The molecular formula is C13H16N2O4. The number of hydrogen-bond acceptors (Lipinski definition) is 4. The van der Waals surface area contributed by atoms with Gasteiger partial charge in [-0.15, -0.1) is 0 Å². The van der Waals surface area contributed by atoms with Crippen molar-refractivity contribution < 1.29 is 14.5 Å². The van der Waals surface area contributed by atoms with Crippen molar-refractivity contribution in [2.75, 3.05) is 4.90 Å². The minimum Gasteiger partial charge on any atom is -0.476 e. The molecule has 1 heterocycles. The largest absolute Gasteiger partial charge is 0.476 e. The van der Waals surface area contributed by atoms with Gasteiger partial charge in [0, 0.05) is 18.2 Å². The number of hydrogen-bond donors (Lipinski definition) is 0. The highest BCUT2D eigenvalue weighted by Crippen LogP contribution is 2.40. The zero-order valence-electron chi connectivity index (χ0n) is 11.3. The van der Waals surface area contributed by atoms with Gasteiger partial charge < -0.3 is 9.64 Å².